The van der Waals surface area contributed by atoms with Gasteiger partial charge in [0.15, 0.2) is 0 Å². The molecule has 1 atom stereocenters. The van der Waals surface area contributed by atoms with Gasteiger partial charge in [0.05, 0.1) is 18.0 Å². The van der Waals surface area contributed by atoms with Crippen molar-refractivity contribution in [3.8, 4) is 0 Å². The van der Waals surface area contributed by atoms with Crippen LogP contribution >= 0.6 is 0 Å². The van der Waals surface area contributed by atoms with Gasteiger partial charge >= 0.3 is 29.6 Å². The molecule has 0 N–H and O–H groups in total. The Morgan fingerprint density at radius 1 is 1.23 bits per heavy atom. The van der Waals surface area contributed by atoms with Crippen LogP contribution < -0.4 is 29.6 Å². The van der Waals surface area contributed by atoms with Crippen molar-refractivity contribution < 1.29 is 43.9 Å². The molecular weight excluding hydrogens is 199 g/mol. The summed E-state index contributed by atoms with van der Waals surface area (Å²) < 4.78 is 24.2. The molecule has 1 unspecified atom stereocenters. The molecule has 0 aliphatic rings. The first-order valence-electron chi connectivity index (χ1n) is 4.50. The molecule has 0 heterocycles. The van der Waals surface area contributed by atoms with Crippen molar-refractivity contribution in [3.63, 3.8) is 0 Å². The molecule has 0 radical (unpaired) electrons. The Kier molecular flexibility index (Phi) is 16.6. The van der Waals surface area contributed by atoms with Gasteiger partial charge in [0.1, 0.15) is 0 Å². The molecule has 0 saturated heterocycles. The molecule has 0 spiro atoms. The van der Waals surface area contributed by atoms with Crippen molar-refractivity contribution in [2.75, 3.05) is 6.61 Å². The van der Waals surface area contributed by atoms with Crippen LogP contribution in [0.5, 0.6) is 0 Å². The molecule has 5 heteroatoms. The van der Waals surface area contributed by atoms with Crippen LogP contribution in [0.25, 0.3) is 0 Å². The predicted molar refractivity (Wildman–Crippen MR) is 49.4 cm³/mol. The van der Waals surface area contributed by atoms with E-state index in [0.717, 1.165) is 12.8 Å². The summed E-state index contributed by atoms with van der Waals surface area (Å²) >= 11 is -2.32. The summed E-state index contributed by atoms with van der Waals surface area (Å²) in [6.07, 6.45) is 6.85. The van der Waals surface area contributed by atoms with Gasteiger partial charge in [0.25, 0.3) is 0 Å². The van der Waals surface area contributed by atoms with Crippen LogP contribution in [0, 0.1) is 0 Å². The first-order valence-corrected chi connectivity index (χ1v) is 5.50. The second kappa shape index (κ2) is 13.1. The summed E-state index contributed by atoms with van der Waals surface area (Å²) in [5.74, 6) is 0. The number of rotatable bonds is 8. The molecule has 0 aromatic rings. The molecular formula is C8H18NaO3S-. The third-order valence-corrected chi connectivity index (χ3v) is 2.04. The Labute approximate surface area is 107 Å². The predicted octanol–water partition coefficient (Wildman–Crippen LogP) is -0.726. The minimum atomic E-state index is -2.32. The number of hydrogen-bond acceptors (Lipinski definition) is 3. The van der Waals surface area contributed by atoms with Gasteiger partial charge in [0.2, 0.25) is 0 Å². The number of unbranched alkanes of at least 4 members (excludes halogenated alkanes) is 5. The summed E-state index contributed by atoms with van der Waals surface area (Å²) in [4.78, 5) is 0. The van der Waals surface area contributed by atoms with Crippen molar-refractivity contribution >= 4 is 11.4 Å². The normalized spacial score (nSPS) is 12.2. The molecule has 0 aliphatic heterocycles. The average Bonchev–Trinajstić information content (AvgIpc) is 2.02. The Hall–Kier alpha value is 1.07. The standard InChI is InChI=1S/C8H18O3S.Na.H/c1-2-3-4-5-6-7-8-11-12(9)10;;/h2-8H2,1H3,(H,9,10);;/q;+1;-1/p-1. The van der Waals surface area contributed by atoms with Gasteiger partial charge in [-0.25, -0.2) is 4.21 Å². The zero-order chi connectivity index (χ0) is 9.23. The summed E-state index contributed by atoms with van der Waals surface area (Å²) in [7, 11) is 0. The van der Waals surface area contributed by atoms with E-state index in [1.54, 1.807) is 0 Å². The average molecular weight is 217 g/mol. The molecule has 0 aromatic heterocycles. The maximum Gasteiger partial charge on any atom is 1.00 e. The Bertz CT molecular complexity index is 127. The Morgan fingerprint density at radius 2 is 1.77 bits per heavy atom. The van der Waals surface area contributed by atoms with Gasteiger partial charge in [-0.15, -0.1) is 0 Å². The van der Waals surface area contributed by atoms with Gasteiger partial charge in [0, 0.05) is 0 Å². The van der Waals surface area contributed by atoms with Crippen LogP contribution in [0.1, 0.15) is 46.9 Å². The fourth-order valence-corrected chi connectivity index (χ4v) is 1.26. The third kappa shape index (κ3) is 15.8. The molecule has 3 nitrogen and oxygen atoms in total. The quantitative estimate of drug-likeness (QED) is 0.306. The van der Waals surface area contributed by atoms with E-state index in [0.29, 0.717) is 6.61 Å². The van der Waals surface area contributed by atoms with Crippen molar-refractivity contribution in [2.45, 2.75) is 45.4 Å². The molecule has 0 aliphatic carbocycles. The van der Waals surface area contributed by atoms with Crippen LogP contribution in [-0.4, -0.2) is 15.4 Å². The van der Waals surface area contributed by atoms with Crippen LogP contribution in [0.15, 0.2) is 0 Å². The topological polar surface area (TPSA) is 49.4 Å². The second-order valence-electron chi connectivity index (χ2n) is 2.79. The van der Waals surface area contributed by atoms with Crippen LogP contribution in [0.2, 0.25) is 0 Å². The van der Waals surface area contributed by atoms with Gasteiger partial charge in [-0.2, -0.15) is 0 Å². The minimum Gasteiger partial charge on any atom is -1.00 e. The fraction of sp³-hybridized carbons (Fsp3) is 1.00. The summed E-state index contributed by atoms with van der Waals surface area (Å²) in [6.45, 7) is 2.51. The van der Waals surface area contributed by atoms with Crippen molar-refractivity contribution in [3.05, 3.63) is 0 Å². The SMILES string of the molecule is CCCCCCCCOS(=O)[O-].[H-].[Na+]. The van der Waals surface area contributed by atoms with E-state index < -0.39 is 11.4 Å². The van der Waals surface area contributed by atoms with Crippen LogP contribution in [-0.2, 0) is 15.5 Å². The van der Waals surface area contributed by atoms with E-state index in [1.807, 2.05) is 0 Å². The van der Waals surface area contributed by atoms with E-state index in [2.05, 4.69) is 11.1 Å². The Balaban J connectivity index is -0.000000605. The zero-order valence-corrected chi connectivity index (χ0v) is 11.4. The molecule has 0 amide bonds. The van der Waals surface area contributed by atoms with Gasteiger partial charge < -0.3 is 10.2 Å². The van der Waals surface area contributed by atoms with E-state index in [1.165, 1.54) is 25.7 Å². The first-order chi connectivity index (χ1) is 5.77. The zero-order valence-electron chi connectivity index (χ0n) is 9.58. The molecule has 0 aromatic carbocycles. The van der Waals surface area contributed by atoms with E-state index in [9.17, 15) is 8.76 Å². The third-order valence-electron chi connectivity index (χ3n) is 1.68. The summed E-state index contributed by atoms with van der Waals surface area (Å²) in [6, 6.07) is 0. The Morgan fingerprint density at radius 3 is 2.31 bits per heavy atom. The summed E-state index contributed by atoms with van der Waals surface area (Å²) in [5.41, 5.74) is 0. The van der Waals surface area contributed by atoms with E-state index in [4.69, 9.17) is 0 Å². The van der Waals surface area contributed by atoms with E-state index in [-0.39, 0.29) is 31.0 Å². The van der Waals surface area contributed by atoms with Crippen molar-refractivity contribution in [2.24, 2.45) is 0 Å². The molecule has 0 rings (SSSR count). The minimum absolute atomic E-state index is 0. The smallest absolute Gasteiger partial charge is 1.00 e. The molecule has 0 fully saturated rings. The van der Waals surface area contributed by atoms with Crippen LogP contribution in [0.3, 0.4) is 0 Å². The largest absolute Gasteiger partial charge is 1.00 e. The maximum absolute atomic E-state index is 9.91. The van der Waals surface area contributed by atoms with Gasteiger partial charge in [-0.3, -0.25) is 0 Å². The van der Waals surface area contributed by atoms with Gasteiger partial charge in [-0.1, -0.05) is 39.0 Å². The molecule has 13 heavy (non-hydrogen) atoms. The first kappa shape index (κ1) is 16.5. The maximum atomic E-state index is 9.91. The van der Waals surface area contributed by atoms with E-state index >= 15 is 0 Å². The van der Waals surface area contributed by atoms with Crippen LogP contribution in [0.4, 0.5) is 0 Å². The van der Waals surface area contributed by atoms with Gasteiger partial charge in [-0.05, 0) is 6.42 Å². The number of hydrogen-bond donors (Lipinski definition) is 0. The summed E-state index contributed by atoms with van der Waals surface area (Å²) in [5, 5.41) is 0. The monoisotopic (exact) mass is 217 g/mol. The fourth-order valence-electron chi connectivity index (χ4n) is 1.01. The molecule has 0 saturated carbocycles. The van der Waals surface area contributed by atoms with Crippen molar-refractivity contribution in [1.29, 1.82) is 0 Å². The second-order valence-corrected chi connectivity index (χ2v) is 3.44. The van der Waals surface area contributed by atoms with Crippen molar-refractivity contribution in [1.82, 2.24) is 0 Å². The molecule has 0 bridgehead atoms. The molecule has 76 valence electrons.